The quantitative estimate of drug-likeness (QED) is 0.844. The molecule has 7 heteroatoms. The molecular formula is C18H25N5O2. The molecule has 2 amide bonds. The number of nitrogens with one attached hydrogen (secondary N) is 2. The Morgan fingerprint density at radius 2 is 2.20 bits per heavy atom. The third-order valence-corrected chi connectivity index (χ3v) is 4.54. The summed E-state index contributed by atoms with van der Waals surface area (Å²) in [6.45, 7) is 4.32. The zero-order valence-electron chi connectivity index (χ0n) is 14.5. The minimum absolute atomic E-state index is 0.121. The average molecular weight is 343 g/mol. The molecule has 2 aromatic heterocycles. The Balaban J connectivity index is 1.44. The molecule has 1 saturated heterocycles. The van der Waals surface area contributed by atoms with Gasteiger partial charge in [0, 0.05) is 56.4 Å². The number of aryl methyl sites for hydroxylation is 2. The third-order valence-electron chi connectivity index (χ3n) is 4.54. The molecule has 1 fully saturated rings. The molecular weight excluding hydrogens is 318 g/mol. The number of hydrogen-bond acceptors (Lipinski definition) is 4. The van der Waals surface area contributed by atoms with Gasteiger partial charge in [-0.2, -0.15) is 5.10 Å². The highest BCUT2D eigenvalue weighted by atomic mass is 16.5. The molecule has 0 aromatic carbocycles. The highest BCUT2D eigenvalue weighted by Gasteiger charge is 2.21. The van der Waals surface area contributed by atoms with E-state index >= 15 is 0 Å². The number of hydrogen-bond donors (Lipinski definition) is 2. The fraction of sp³-hybridized carbons (Fsp3) is 0.500. The molecule has 0 saturated carbocycles. The van der Waals surface area contributed by atoms with Crippen molar-refractivity contribution in [2.24, 2.45) is 5.92 Å². The summed E-state index contributed by atoms with van der Waals surface area (Å²) in [4.78, 5) is 16.4. The SMILES string of the molecule is CC(NC(=O)Nc1ccn(CCc2ccccn2)n1)C1CCOCC1. The number of anilines is 1. The first kappa shape index (κ1) is 17.4. The van der Waals surface area contributed by atoms with Gasteiger partial charge < -0.3 is 10.1 Å². The van der Waals surface area contributed by atoms with Gasteiger partial charge >= 0.3 is 6.03 Å². The topological polar surface area (TPSA) is 81.1 Å². The molecule has 3 heterocycles. The molecule has 0 radical (unpaired) electrons. The van der Waals surface area contributed by atoms with Crippen LogP contribution in [0.2, 0.25) is 0 Å². The highest BCUT2D eigenvalue weighted by Crippen LogP contribution is 2.18. The second-order valence-corrected chi connectivity index (χ2v) is 6.37. The van der Waals surface area contributed by atoms with Crippen LogP contribution in [0.15, 0.2) is 36.7 Å². The Morgan fingerprint density at radius 1 is 1.36 bits per heavy atom. The summed E-state index contributed by atoms with van der Waals surface area (Å²) in [5.41, 5.74) is 1.02. The van der Waals surface area contributed by atoms with E-state index in [0.717, 1.165) is 44.7 Å². The molecule has 1 aliphatic rings. The average Bonchev–Trinajstić information content (AvgIpc) is 3.08. The molecule has 0 spiro atoms. The van der Waals surface area contributed by atoms with Crippen molar-refractivity contribution in [1.29, 1.82) is 0 Å². The van der Waals surface area contributed by atoms with Crippen molar-refractivity contribution in [3.63, 3.8) is 0 Å². The summed E-state index contributed by atoms with van der Waals surface area (Å²) >= 11 is 0. The van der Waals surface area contributed by atoms with Gasteiger partial charge in [0.15, 0.2) is 5.82 Å². The van der Waals surface area contributed by atoms with Gasteiger partial charge in [-0.05, 0) is 37.8 Å². The van der Waals surface area contributed by atoms with Crippen molar-refractivity contribution in [2.75, 3.05) is 18.5 Å². The van der Waals surface area contributed by atoms with Gasteiger partial charge in [0.05, 0.1) is 0 Å². The van der Waals surface area contributed by atoms with Gasteiger partial charge in [-0.3, -0.25) is 15.0 Å². The highest BCUT2D eigenvalue weighted by molar-refractivity contribution is 5.88. The fourth-order valence-electron chi connectivity index (χ4n) is 3.02. The lowest BCUT2D eigenvalue weighted by Crippen LogP contribution is -2.42. The molecule has 0 aliphatic carbocycles. The van der Waals surface area contributed by atoms with Crippen LogP contribution in [0.25, 0.3) is 0 Å². The van der Waals surface area contributed by atoms with Gasteiger partial charge in [0.1, 0.15) is 0 Å². The maximum atomic E-state index is 12.1. The van der Waals surface area contributed by atoms with Crippen LogP contribution in [0, 0.1) is 5.92 Å². The minimum atomic E-state index is -0.214. The Bertz CT molecular complexity index is 667. The van der Waals surface area contributed by atoms with Crippen LogP contribution < -0.4 is 10.6 Å². The van der Waals surface area contributed by atoms with Crippen molar-refractivity contribution in [3.05, 3.63) is 42.4 Å². The number of carbonyl (C=O) groups is 1. The number of nitrogens with zero attached hydrogens (tertiary/aromatic N) is 3. The van der Waals surface area contributed by atoms with Gasteiger partial charge in [-0.25, -0.2) is 4.79 Å². The van der Waals surface area contributed by atoms with Crippen LogP contribution in [0.4, 0.5) is 10.6 Å². The molecule has 25 heavy (non-hydrogen) atoms. The molecule has 7 nitrogen and oxygen atoms in total. The van der Waals surface area contributed by atoms with Crippen LogP contribution in [0.5, 0.6) is 0 Å². The first-order valence-corrected chi connectivity index (χ1v) is 8.79. The van der Waals surface area contributed by atoms with E-state index in [9.17, 15) is 4.79 Å². The maximum Gasteiger partial charge on any atom is 0.320 e. The monoisotopic (exact) mass is 343 g/mol. The van der Waals surface area contributed by atoms with E-state index in [0.29, 0.717) is 11.7 Å². The smallest absolute Gasteiger partial charge is 0.320 e. The zero-order chi connectivity index (χ0) is 17.5. The number of aromatic nitrogens is 3. The van der Waals surface area contributed by atoms with E-state index in [4.69, 9.17) is 4.74 Å². The number of amides is 2. The van der Waals surface area contributed by atoms with Gasteiger partial charge in [-0.1, -0.05) is 6.07 Å². The molecule has 2 N–H and O–H groups in total. The first-order chi connectivity index (χ1) is 12.2. The molecule has 2 aromatic rings. The van der Waals surface area contributed by atoms with E-state index in [1.807, 2.05) is 36.0 Å². The van der Waals surface area contributed by atoms with Crippen molar-refractivity contribution in [1.82, 2.24) is 20.1 Å². The molecule has 1 aliphatic heterocycles. The summed E-state index contributed by atoms with van der Waals surface area (Å²) in [5.74, 6) is 1.02. The van der Waals surface area contributed by atoms with E-state index in [2.05, 4.69) is 20.7 Å². The standard InChI is InChI=1S/C18H25N5O2/c1-14(15-7-12-25-13-8-15)20-18(24)21-17-6-11-23(22-17)10-5-16-4-2-3-9-19-16/h2-4,6,9,11,14-15H,5,7-8,10,12-13H2,1H3,(H2,20,21,22,24). The predicted octanol–water partition coefficient (Wildman–Crippen LogP) is 2.46. The molecule has 134 valence electrons. The van der Waals surface area contributed by atoms with Crippen LogP contribution in [-0.2, 0) is 17.7 Å². The van der Waals surface area contributed by atoms with Crippen molar-refractivity contribution in [3.8, 4) is 0 Å². The molecule has 1 unspecified atom stereocenters. The van der Waals surface area contributed by atoms with Crippen molar-refractivity contribution >= 4 is 11.8 Å². The number of ether oxygens (including phenoxy) is 1. The van der Waals surface area contributed by atoms with Gasteiger partial charge in [-0.15, -0.1) is 0 Å². The summed E-state index contributed by atoms with van der Waals surface area (Å²) in [7, 11) is 0. The minimum Gasteiger partial charge on any atom is -0.381 e. The molecule has 0 bridgehead atoms. The lowest BCUT2D eigenvalue weighted by Gasteiger charge is -2.28. The first-order valence-electron chi connectivity index (χ1n) is 8.79. The van der Waals surface area contributed by atoms with Crippen molar-refractivity contribution < 1.29 is 9.53 Å². The van der Waals surface area contributed by atoms with E-state index in [1.54, 1.807) is 12.3 Å². The lowest BCUT2D eigenvalue weighted by molar-refractivity contribution is 0.0573. The number of carbonyl (C=O) groups excluding carboxylic acids is 1. The van der Waals surface area contributed by atoms with Gasteiger partial charge in [0.25, 0.3) is 0 Å². The second kappa shape index (κ2) is 8.62. The number of pyridine rings is 1. The van der Waals surface area contributed by atoms with Crippen LogP contribution >= 0.6 is 0 Å². The maximum absolute atomic E-state index is 12.1. The largest absolute Gasteiger partial charge is 0.381 e. The summed E-state index contributed by atoms with van der Waals surface area (Å²) in [6, 6.07) is 7.58. The molecule has 3 rings (SSSR count). The summed E-state index contributed by atoms with van der Waals surface area (Å²) < 4.78 is 7.17. The zero-order valence-corrected chi connectivity index (χ0v) is 14.5. The van der Waals surface area contributed by atoms with Crippen LogP contribution in [0.1, 0.15) is 25.5 Å². The van der Waals surface area contributed by atoms with Crippen LogP contribution in [-0.4, -0.2) is 40.1 Å². The fourth-order valence-corrected chi connectivity index (χ4v) is 3.02. The van der Waals surface area contributed by atoms with Crippen LogP contribution in [0.3, 0.4) is 0 Å². The van der Waals surface area contributed by atoms with Gasteiger partial charge in [0.2, 0.25) is 0 Å². The van der Waals surface area contributed by atoms with E-state index in [-0.39, 0.29) is 12.1 Å². The Hall–Kier alpha value is -2.41. The Morgan fingerprint density at radius 3 is 2.96 bits per heavy atom. The van der Waals surface area contributed by atoms with E-state index in [1.165, 1.54) is 0 Å². The summed E-state index contributed by atoms with van der Waals surface area (Å²) in [6.07, 6.45) is 6.43. The molecule has 1 atom stereocenters. The number of urea groups is 1. The Kier molecular flexibility index (Phi) is 6.00. The third kappa shape index (κ3) is 5.29. The van der Waals surface area contributed by atoms with Crippen molar-refractivity contribution in [2.45, 2.75) is 38.8 Å². The summed E-state index contributed by atoms with van der Waals surface area (Å²) in [5, 5.41) is 10.2. The predicted molar refractivity (Wildman–Crippen MR) is 95.3 cm³/mol. The normalized spacial score (nSPS) is 16.4. The number of rotatable bonds is 6. The van der Waals surface area contributed by atoms with E-state index < -0.39 is 0 Å². The second-order valence-electron chi connectivity index (χ2n) is 6.37. The Labute approximate surface area is 147 Å². The lowest BCUT2D eigenvalue weighted by atomic mass is 9.93.